The number of amides is 1. The van der Waals surface area contributed by atoms with Gasteiger partial charge in [0, 0.05) is 22.6 Å². The van der Waals surface area contributed by atoms with Crippen molar-refractivity contribution in [3.8, 4) is 0 Å². The first-order valence-electron chi connectivity index (χ1n) is 5.63. The molecule has 0 aromatic heterocycles. The van der Waals surface area contributed by atoms with Gasteiger partial charge in [-0.2, -0.15) is 0 Å². The van der Waals surface area contributed by atoms with E-state index in [1.807, 2.05) is 0 Å². The molecule has 0 saturated carbocycles. The highest BCUT2D eigenvalue weighted by Crippen LogP contribution is 2.23. The van der Waals surface area contributed by atoms with E-state index in [-0.39, 0.29) is 11.9 Å². The van der Waals surface area contributed by atoms with E-state index in [4.69, 9.17) is 11.6 Å². The van der Waals surface area contributed by atoms with E-state index in [2.05, 4.69) is 26.6 Å². The van der Waals surface area contributed by atoms with Gasteiger partial charge in [-0.25, -0.2) is 0 Å². The maximum absolute atomic E-state index is 12.0. The van der Waals surface area contributed by atoms with Crippen molar-refractivity contribution in [2.24, 2.45) is 0 Å². The second-order valence-electron chi connectivity index (χ2n) is 4.15. The third-order valence-corrected chi connectivity index (χ3v) is 4.03. The van der Waals surface area contributed by atoms with Crippen LogP contribution in [0.5, 0.6) is 0 Å². The molecule has 1 aliphatic rings. The summed E-state index contributed by atoms with van der Waals surface area (Å²) < 4.78 is 0.744. The third kappa shape index (κ3) is 3.44. The van der Waals surface area contributed by atoms with E-state index in [1.165, 1.54) is 0 Å². The molecule has 1 aliphatic heterocycles. The Morgan fingerprint density at radius 2 is 2.35 bits per heavy atom. The lowest BCUT2D eigenvalue weighted by molar-refractivity contribution is 0.0930. The van der Waals surface area contributed by atoms with Gasteiger partial charge < -0.3 is 10.6 Å². The van der Waals surface area contributed by atoms with Crippen molar-refractivity contribution in [2.75, 3.05) is 13.1 Å². The molecule has 1 atom stereocenters. The van der Waals surface area contributed by atoms with Crippen molar-refractivity contribution >= 4 is 33.4 Å². The van der Waals surface area contributed by atoms with Gasteiger partial charge in [0.2, 0.25) is 0 Å². The Balaban J connectivity index is 2.01. The molecule has 1 saturated heterocycles. The van der Waals surface area contributed by atoms with Crippen LogP contribution in [0.25, 0.3) is 0 Å². The molecule has 1 fully saturated rings. The van der Waals surface area contributed by atoms with Crippen molar-refractivity contribution in [2.45, 2.75) is 18.9 Å². The van der Waals surface area contributed by atoms with Crippen LogP contribution < -0.4 is 10.6 Å². The number of halogens is 2. The minimum Gasteiger partial charge on any atom is -0.348 e. The zero-order valence-electron chi connectivity index (χ0n) is 9.30. The Kier molecular flexibility index (Phi) is 4.42. The summed E-state index contributed by atoms with van der Waals surface area (Å²) >= 11 is 9.20. The molecule has 3 nitrogen and oxygen atoms in total. The van der Waals surface area contributed by atoms with Crippen LogP contribution in [0.1, 0.15) is 23.2 Å². The lowest BCUT2D eigenvalue weighted by Gasteiger charge is -2.23. The zero-order chi connectivity index (χ0) is 12.3. The van der Waals surface area contributed by atoms with Crippen LogP contribution in [0.4, 0.5) is 0 Å². The average molecular weight is 318 g/mol. The smallest absolute Gasteiger partial charge is 0.251 e. The van der Waals surface area contributed by atoms with Crippen LogP contribution in [0.3, 0.4) is 0 Å². The molecule has 5 heteroatoms. The molecule has 0 unspecified atom stereocenters. The molecular formula is C12H14BrClN2O. The standard InChI is InChI=1S/C12H14BrClN2O/c13-10-6-8(3-4-11(10)14)12(17)16-9-2-1-5-15-7-9/h3-4,6,9,15H,1-2,5,7H2,(H,16,17)/t9-/m0/s1. The van der Waals surface area contributed by atoms with Gasteiger partial charge in [-0.05, 0) is 53.5 Å². The van der Waals surface area contributed by atoms with Crippen molar-refractivity contribution < 1.29 is 4.79 Å². The molecule has 2 N–H and O–H groups in total. The van der Waals surface area contributed by atoms with Gasteiger partial charge in [0.1, 0.15) is 0 Å². The second-order valence-corrected chi connectivity index (χ2v) is 5.41. The molecular weight excluding hydrogens is 304 g/mol. The van der Waals surface area contributed by atoms with Crippen molar-refractivity contribution in [3.05, 3.63) is 33.3 Å². The summed E-state index contributed by atoms with van der Waals surface area (Å²) in [6.07, 6.45) is 2.14. The summed E-state index contributed by atoms with van der Waals surface area (Å²) in [7, 11) is 0. The van der Waals surface area contributed by atoms with Crippen LogP contribution in [0.15, 0.2) is 22.7 Å². The van der Waals surface area contributed by atoms with Gasteiger partial charge >= 0.3 is 0 Å². The van der Waals surface area contributed by atoms with Gasteiger partial charge in [-0.15, -0.1) is 0 Å². The fourth-order valence-electron chi connectivity index (χ4n) is 1.88. The van der Waals surface area contributed by atoms with Gasteiger partial charge in [-0.1, -0.05) is 11.6 Å². The number of hydrogen-bond donors (Lipinski definition) is 2. The van der Waals surface area contributed by atoms with Gasteiger partial charge in [0.25, 0.3) is 5.91 Å². The first-order valence-corrected chi connectivity index (χ1v) is 6.80. The maximum Gasteiger partial charge on any atom is 0.251 e. The molecule has 1 heterocycles. The Bertz CT molecular complexity index is 419. The summed E-state index contributed by atoms with van der Waals surface area (Å²) in [5.74, 6) is -0.0453. The highest BCUT2D eigenvalue weighted by molar-refractivity contribution is 9.10. The summed E-state index contributed by atoms with van der Waals surface area (Å²) in [5, 5.41) is 6.90. The lowest BCUT2D eigenvalue weighted by atomic mass is 10.1. The van der Waals surface area contributed by atoms with E-state index in [0.717, 1.165) is 30.4 Å². The molecule has 0 aliphatic carbocycles. The Morgan fingerprint density at radius 1 is 1.53 bits per heavy atom. The van der Waals surface area contributed by atoms with E-state index in [1.54, 1.807) is 18.2 Å². The number of carbonyl (C=O) groups excluding carboxylic acids is 1. The minimum absolute atomic E-state index is 0.0453. The normalized spacial score (nSPS) is 20.0. The Labute approximate surface area is 114 Å². The van der Waals surface area contributed by atoms with Crippen molar-refractivity contribution in [1.29, 1.82) is 0 Å². The predicted molar refractivity (Wildman–Crippen MR) is 72.5 cm³/mol. The highest BCUT2D eigenvalue weighted by Gasteiger charge is 2.16. The molecule has 1 aromatic carbocycles. The SMILES string of the molecule is O=C(N[C@H]1CCCNC1)c1ccc(Cl)c(Br)c1. The van der Waals surface area contributed by atoms with Crippen LogP contribution in [-0.2, 0) is 0 Å². The van der Waals surface area contributed by atoms with Gasteiger partial charge in [-0.3, -0.25) is 4.79 Å². The Morgan fingerprint density at radius 3 is 3.00 bits per heavy atom. The molecule has 0 spiro atoms. The number of nitrogens with one attached hydrogen (secondary N) is 2. The molecule has 92 valence electrons. The lowest BCUT2D eigenvalue weighted by Crippen LogP contribution is -2.45. The predicted octanol–water partition coefficient (Wildman–Crippen LogP) is 2.58. The summed E-state index contributed by atoms with van der Waals surface area (Å²) in [4.78, 5) is 12.0. The van der Waals surface area contributed by atoms with Gasteiger partial charge in [0.05, 0.1) is 5.02 Å². The van der Waals surface area contributed by atoms with E-state index >= 15 is 0 Å². The van der Waals surface area contributed by atoms with E-state index in [9.17, 15) is 4.79 Å². The number of carbonyl (C=O) groups is 1. The van der Waals surface area contributed by atoms with Crippen LogP contribution in [0, 0.1) is 0 Å². The van der Waals surface area contributed by atoms with E-state index in [0.29, 0.717) is 10.6 Å². The first-order chi connectivity index (χ1) is 8.16. The van der Waals surface area contributed by atoms with Crippen molar-refractivity contribution in [3.63, 3.8) is 0 Å². The number of benzene rings is 1. The number of rotatable bonds is 2. The highest BCUT2D eigenvalue weighted by atomic mass is 79.9. The minimum atomic E-state index is -0.0453. The topological polar surface area (TPSA) is 41.1 Å². The molecule has 0 bridgehead atoms. The molecule has 17 heavy (non-hydrogen) atoms. The monoisotopic (exact) mass is 316 g/mol. The maximum atomic E-state index is 12.0. The van der Waals surface area contributed by atoms with Crippen LogP contribution in [-0.4, -0.2) is 25.0 Å². The quantitative estimate of drug-likeness (QED) is 0.880. The summed E-state index contributed by atoms with van der Waals surface area (Å²) in [5.41, 5.74) is 0.631. The first kappa shape index (κ1) is 12.9. The fraction of sp³-hybridized carbons (Fsp3) is 0.417. The summed E-state index contributed by atoms with van der Waals surface area (Å²) in [6.45, 7) is 1.89. The van der Waals surface area contributed by atoms with Crippen molar-refractivity contribution in [1.82, 2.24) is 10.6 Å². The third-order valence-electron chi connectivity index (χ3n) is 2.81. The molecule has 0 radical (unpaired) electrons. The second kappa shape index (κ2) is 5.85. The van der Waals surface area contributed by atoms with Crippen LogP contribution in [0.2, 0.25) is 5.02 Å². The molecule has 1 amide bonds. The zero-order valence-corrected chi connectivity index (χ0v) is 11.6. The summed E-state index contributed by atoms with van der Waals surface area (Å²) in [6, 6.07) is 5.43. The molecule has 2 rings (SSSR count). The largest absolute Gasteiger partial charge is 0.348 e. The fourth-order valence-corrected chi connectivity index (χ4v) is 2.38. The number of hydrogen-bond acceptors (Lipinski definition) is 2. The van der Waals surface area contributed by atoms with Gasteiger partial charge in [0.15, 0.2) is 0 Å². The average Bonchev–Trinajstić information content (AvgIpc) is 2.34. The molecule has 1 aromatic rings. The Hall–Kier alpha value is -0.580. The van der Waals surface area contributed by atoms with E-state index < -0.39 is 0 Å². The van der Waals surface area contributed by atoms with Crippen LogP contribution >= 0.6 is 27.5 Å². The number of piperidine rings is 1.